The molecular weight excluding hydrogens is 374 g/mol. The van der Waals surface area contributed by atoms with Crippen molar-refractivity contribution in [1.29, 1.82) is 0 Å². The molecule has 1 aromatic carbocycles. The minimum atomic E-state index is -0.0862. The zero-order valence-corrected chi connectivity index (χ0v) is 17.0. The molecular formula is C21H26ClN5O. The lowest BCUT2D eigenvalue weighted by Gasteiger charge is -2.19. The number of halogens is 1. The van der Waals surface area contributed by atoms with Gasteiger partial charge in [0.2, 0.25) is 5.91 Å². The van der Waals surface area contributed by atoms with Gasteiger partial charge in [-0.05, 0) is 49.1 Å². The molecule has 6 nitrogen and oxygen atoms in total. The molecule has 0 atom stereocenters. The van der Waals surface area contributed by atoms with Gasteiger partial charge in [-0.2, -0.15) is 0 Å². The number of amides is 1. The van der Waals surface area contributed by atoms with Gasteiger partial charge in [-0.1, -0.05) is 29.8 Å². The third kappa shape index (κ3) is 5.45. The number of pyridine rings is 1. The molecule has 0 radical (unpaired) electrons. The fourth-order valence-electron chi connectivity index (χ4n) is 3.05. The third-order valence-electron chi connectivity index (χ3n) is 4.93. The first-order valence-electron chi connectivity index (χ1n) is 9.44. The number of aryl methyl sites for hydroxylation is 1. The van der Waals surface area contributed by atoms with E-state index < -0.39 is 0 Å². The Hall–Kier alpha value is -2.60. The molecule has 0 spiro atoms. The number of nitrogens with one attached hydrogen (secondary N) is 3. The SMILES string of the molecule is CN=C(NCCC(=O)Nc1ccc(C)cn1)NCC1(c2cccc(Cl)c2)CC1. The van der Waals surface area contributed by atoms with Crippen molar-refractivity contribution in [2.75, 3.05) is 25.5 Å². The largest absolute Gasteiger partial charge is 0.356 e. The van der Waals surface area contributed by atoms with E-state index in [-0.39, 0.29) is 11.3 Å². The summed E-state index contributed by atoms with van der Waals surface area (Å²) in [6, 6.07) is 11.8. The van der Waals surface area contributed by atoms with Crippen molar-refractivity contribution in [2.24, 2.45) is 4.99 Å². The molecule has 28 heavy (non-hydrogen) atoms. The van der Waals surface area contributed by atoms with Crippen molar-refractivity contribution < 1.29 is 4.79 Å². The Labute approximate surface area is 170 Å². The maximum Gasteiger partial charge on any atom is 0.227 e. The second-order valence-corrected chi connectivity index (χ2v) is 7.60. The monoisotopic (exact) mass is 399 g/mol. The maximum atomic E-state index is 12.0. The van der Waals surface area contributed by atoms with Crippen molar-refractivity contribution in [3.05, 3.63) is 58.7 Å². The van der Waals surface area contributed by atoms with Gasteiger partial charge in [0, 0.05) is 43.2 Å². The van der Waals surface area contributed by atoms with Crippen LogP contribution in [0.3, 0.4) is 0 Å². The summed E-state index contributed by atoms with van der Waals surface area (Å²) in [7, 11) is 1.73. The molecule has 1 aliphatic carbocycles. The van der Waals surface area contributed by atoms with E-state index in [1.54, 1.807) is 19.3 Å². The van der Waals surface area contributed by atoms with Crippen molar-refractivity contribution in [3.8, 4) is 0 Å². The van der Waals surface area contributed by atoms with E-state index in [1.807, 2.05) is 31.2 Å². The van der Waals surface area contributed by atoms with E-state index in [2.05, 4.69) is 32.0 Å². The predicted octanol–water partition coefficient (Wildman–Crippen LogP) is 3.27. The summed E-state index contributed by atoms with van der Waals surface area (Å²) >= 11 is 6.13. The smallest absolute Gasteiger partial charge is 0.227 e. The number of carbonyl (C=O) groups excluding carboxylic acids is 1. The Morgan fingerprint density at radius 3 is 2.71 bits per heavy atom. The summed E-state index contributed by atoms with van der Waals surface area (Å²) in [6.45, 7) is 3.23. The van der Waals surface area contributed by atoms with E-state index in [4.69, 9.17) is 11.6 Å². The zero-order chi connectivity index (χ0) is 20.0. The average Bonchev–Trinajstić information content (AvgIpc) is 3.47. The molecule has 1 amide bonds. The first-order chi connectivity index (χ1) is 13.5. The second kappa shape index (κ2) is 9.06. The van der Waals surface area contributed by atoms with Crippen LogP contribution in [-0.2, 0) is 10.2 Å². The topological polar surface area (TPSA) is 78.4 Å². The fourth-order valence-corrected chi connectivity index (χ4v) is 3.24. The maximum absolute atomic E-state index is 12.0. The number of aliphatic imine (C=N–C) groups is 1. The minimum absolute atomic E-state index is 0.0862. The van der Waals surface area contributed by atoms with Gasteiger partial charge in [-0.3, -0.25) is 9.79 Å². The number of hydrogen-bond donors (Lipinski definition) is 3. The minimum Gasteiger partial charge on any atom is -0.356 e. The molecule has 1 aromatic heterocycles. The standard InChI is InChI=1S/C21H26ClN5O/c1-15-6-7-18(25-13-15)27-19(28)8-11-24-20(23-2)26-14-21(9-10-21)16-4-3-5-17(22)12-16/h3-7,12-13H,8-11,14H2,1-2H3,(H2,23,24,26)(H,25,27,28). The van der Waals surface area contributed by atoms with E-state index in [1.165, 1.54) is 5.56 Å². The lowest BCUT2D eigenvalue weighted by molar-refractivity contribution is -0.116. The third-order valence-corrected chi connectivity index (χ3v) is 5.17. The number of guanidine groups is 1. The van der Waals surface area contributed by atoms with Crippen LogP contribution in [0, 0.1) is 6.92 Å². The lowest BCUT2D eigenvalue weighted by atomic mass is 9.96. The van der Waals surface area contributed by atoms with Gasteiger partial charge < -0.3 is 16.0 Å². The highest BCUT2D eigenvalue weighted by atomic mass is 35.5. The highest BCUT2D eigenvalue weighted by Gasteiger charge is 2.44. The van der Waals surface area contributed by atoms with Crippen LogP contribution in [0.5, 0.6) is 0 Å². The molecule has 3 N–H and O–H groups in total. The molecule has 0 aliphatic heterocycles. The van der Waals surface area contributed by atoms with Crippen LogP contribution < -0.4 is 16.0 Å². The van der Waals surface area contributed by atoms with Crippen molar-refractivity contribution in [2.45, 2.75) is 31.6 Å². The van der Waals surface area contributed by atoms with Crippen LogP contribution in [0.15, 0.2) is 47.6 Å². The number of anilines is 1. The van der Waals surface area contributed by atoms with E-state index in [0.29, 0.717) is 24.7 Å². The van der Waals surface area contributed by atoms with E-state index >= 15 is 0 Å². The van der Waals surface area contributed by atoms with E-state index in [0.717, 1.165) is 30.0 Å². The number of hydrogen-bond acceptors (Lipinski definition) is 3. The molecule has 1 saturated carbocycles. The van der Waals surface area contributed by atoms with Crippen LogP contribution >= 0.6 is 11.6 Å². The molecule has 3 rings (SSSR count). The quantitative estimate of drug-likeness (QED) is 0.493. The van der Waals surface area contributed by atoms with Crippen molar-refractivity contribution in [1.82, 2.24) is 15.6 Å². The molecule has 148 valence electrons. The van der Waals surface area contributed by atoms with Gasteiger partial charge in [-0.15, -0.1) is 0 Å². The van der Waals surface area contributed by atoms with Crippen LogP contribution in [0.25, 0.3) is 0 Å². The van der Waals surface area contributed by atoms with Crippen molar-refractivity contribution >= 4 is 29.3 Å². The summed E-state index contributed by atoms with van der Waals surface area (Å²) in [5.41, 5.74) is 2.44. The summed E-state index contributed by atoms with van der Waals surface area (Å²) in [5, 5.41) is 10.1. The predicted molar refractivity (Wildman–Crippen MR) is 114 cm³/mol. The molecule has 0 bridgehead atoms. The van der Waals surface area contributed by atoms with Crippen LogP contribution in [-0.4, -0.2) is 37.0 Å². The average molecular weight is 400 g/mol. The summed E-state index contributed by atoms with van der Waals surface area (Å²) in [6.07, 6.45) is 4.32. The van der Waals surface area contributed by atoms with Gasteiger partial charge in [0.05, 0.1) is 0 Å². The van der Waals surface area contributed by atoms with E-state index in [9.17, 15) is 4.79 Å². The number of rotatable bonds is 7. The second-order valence-electron chi connectivity index (χ2n) is 7.16. The fraction of sp³-hybridized carbons (Fsp3) is 0.381. The lowest BCUT2D eigenvalue weighted by Crippen LogP contribution is -2.42. The summed E-state index contributed by atoms with van der Waals surface area (Å²) < 4.78 is 0. The van der Waals surface area contributed by atoms with Gasteiger partial charge >= 0.3 is 0 Å². The van der Waals surface area contributed by atoms with Gasteiger partial charge in [-0.25, -0.2) is 4.98 Å². The molecule has 1 aliphatic rings. The highest BCUT2D eigenvalue weighted by Crippen LogP contribution is 2.48. The molecule has 7 heteroatoms. The normalized spacial score (nSPS) is 15.0. The zero-order valence-electron chi connectivity index (χ0n) is 16.3. The number of carbonyl (C=O) groups is 1. The Balaban J connectivity index is 1.42. The van der Waals surface area contributed by atoms with Crippen LogP contribution in [0.2, 0.25) is 5.02 Å². The molecule has 0 unspecified atom stereocenters. The number of benzene rings is 1. The summed E-state index contributed by atoms with van der Waals surface area (Å²) in [4.78, 5) is 20.5. The number of aromatic nitrogens is 1. The van der Waals surface area contributed by atoms with Gasteiger partial charge in [0.1, 0.15) is 5.82 Å². The molecule has 1 heterocycles. The number of nitrogens with zero attached hydrogens (tertiary/aromatic N) is 2. The van der Waals surface area contributed by atoms with Crippen LogP contribution in [0.4, 0.5) is 5.82 Å². The van der Waals surface area contributed by atoms with Gasteiger partial charge in [0.15, 0.2) is 5.96 Å². The Morgan fingerprint density at radius 2 is 2.07 bits per heavy atom. The van der Waals surface area contributed by atoms with Crippen LogP contribution in [0.1, 0.15) is 30.4 Å². The Bertz CT molecular complexity index is 846. The molecule has 0 saturated heterocycles. The Morgan fingerprint density at radius 1 is 1.25 bits per heavy atom. The van der Waals surface area contributed by atoms with Gasteiger partial charge in [0.25, 0.3) is 0 Å². The highest BCUT2D eigenvalue weighted by molar-refractivity contribution is 6.30. The molecule has 1 fully saturated rings. The Kier molecular flexibility index (Phi) is 6.52. The van der Waals surface area contributed by atoms with Crippen molar-refractivity contribution in [3.63, 3.8) is 0 Å². The summed E-state index contributed by atoms with van der Waals surface area (Å²) in [5.74, 6) is 1.17. The first-order valence-corrected chi connectivity index (χ1v) is 9.82. The molecule has 2 aromatic rings. The first kappa shape index (κ1) is 20.1.